The number of ether oxygens (including phenoxy) is 1. The Bertz CT molecular complexity index is 1180. The monoisotopic (exact) mass is 445 g/mol. The molecule has 1 aliphatic heterocycles. The van der Waals surface area contributed by atoms with Gasteiger partial charge in [0, 0.05) is 11.4 Å². The predicted octanol–water partition coefficient (Wildman–Crippen LogP) is 3.54. The third kappa shape index (κ3) is 3.45. The highest BCUT2D eigenvalue weighted by Crippen LogP contribution is 2.35. The van der Waals surface area contributed by atoms with Gasteiger partial charge < -0.3 is 9.64 Å². The Hall–Kier alpha value is -2.52. The first-order valence-electron chi connectivity index (χ1n) is 9.97. The van der Waals surface area contributed by atoms with Crippen LogP contribution in [-0.4, -0.2) is 39.5 Å². The molecule has 7 nitrogen and oxygen atoms in total. The first-order valence-corrected chi connectivity index (χ1v) is 11.7. The topological polar surface area (TPSA) is 81.5 Å². The second-order valence-electron chi connectivity index (χ2n) is 7.19. The lowest BCUT2D eigenvalue weighted by Crippen LogP contribution is -2.42. The quantitative estimate of drug-likeness (QED) is 0.561. The second-order valence-corrected chi connectivity index (χ2v) is 9.19. The Morgan fingerprint density at radius 3 is 2.87 bits per heavy atom. The van der Waals surface area contributed by atoms with E-state index in [4.69, 9.17) is 4.74 Å². The van der Waals surface area contributed by atoms with Crippen molar-refractivity contribution in [1.82, 2.24) is 14.5 Å². The number of rotatable bonds is 5. The summed E-state index contributed by atoms with van der Waals surface area (Å²) < 4.78 is 6.42. The Balaban J connectivity index is 1.63. The van der Waals surface area contributed by atoms with Crippen molar-refractivity contribution in [2.75, 3.05) is 13.2 Å². The number of carbonyl (C=O) groups excluding carboxylic acids is 2. The van der Waals surface area contributed by atoms with Crippen LogP contribution in [0.1, 0.15) is 52.0 Å². The molecule has 0 N–H and O–H groups in total. The van der Waals surface area contributed by atoms with Crippen LogP contribution in [0, 0.1) is 6.92 Å². The normalized spacial score (nSPS) is 16.0. The fourth-order valence-electron chi connectivity index (χ4n) is 4.03. The number of fused-ring (bicyclic) bond motifs is 2. The maximum atomic E-state index is 13.1. The average Bonchev–Trinajstić information content (AvgIpc) is 3.34. The van der Waals surface area contributed by atoms with Crippen molar-refractivity contribution in [2.45, 2.75) is 46.2 Å². The summed E-state index contributed by atoms with van der Waals surface area (Å²) in [6, 6.07) is 2.14. The molecule has 158 valence electrons. The first-order chi connectivity index (χ1) is 14.5. The van der Waals surface area contributed by atoms with E-state index in [9.17, 15) is 14.4 Å². The van der Waals surface area contributed by atoms with Crippen LogP contribution in [0.2, 0.25) is 0 Å². The van der Waals surface area contributed by atoms with Gasteiger partial charge in [-0.3, -0.25) is 14.2 Å². The van der Waals surface area contributed by atoms with Gasteiger partial charge in [-0.2, -0.15) is 0 Å². The number of carbonyl (C=O) groups is 2. The van der Waals surface area contributed by atoms with Gasteiger partial charge in [0.1, 0.15) is 16.3 Å². The van der Waals surface area contributed by atoms with E-state index in [0.717, 1.165) is 24.2 Å². The summed E-state index contributed by atoms with van der Waals surface area (Å²) in [5.41, 5.74) is 1.47. The van der Waals surface area contributed by atoms with E-state index in [1.54, 1.807) is 25.2 Å². The molecule has 4 rings (SSSR count). The van der Waals surface area contributed by atoms with E-state index in [1.165, 1.54) is 21.3 Å². The lowest BCUT2D eigenvalue weighted by molar-refractivity contribution is -0.134. The molecular weight excluding hydrogens is 422 g/mol. The minimum atomic E-state index is -0.453. The highest BCUT2D eigenvalue weighted by atomic mass is 32.1. The molecule has 4 heterocycles. The second kappa shape index (κ2) is 8.31. The highest BCUT2D eigenvalue weighted by Gasteiger charge is 2.30. The molecule has 0 saturated heterocycles. The molecule has 0 aromatic carbocycles. The number of amides is 1. The van der Waals surface area contributed by atoms with Crippen molar-refractivity contribution in [3.63, 3.8) is 0 Å². The van der Waals surface area contributed by atoms with Crippen LogP contribution >= 0.6 is 22.7 Å². The predicted molar refractivity (Wildman–Crippen MR) is 117 cm³/mol. The van der Waals surface area contributed by atoms with Gasteiger partial charge in [-0.05, 0) is 49.3 Å². The average molecular weight is 446 g/mol. The zero-order valence-corrected chi connectivity index (χ0v) is 18.8. The third-order valence-corrected chi connectivity index (χ3v) is 7.66. The van der Waals surface area contributed by atoms with Crippen molar-refractivity contribution < 1.29 is 14.3 Å². The molecule has 1 amide bonds. The Morgan fingerprint density at radius 2 is 2.13 bits per heavy atom. The van der Waals surface area contributed by atoms with Gasteiger partial charge >= 0.3 is 5.97 Å². The third-order valence-electron chi connectivity index (χ3n) is 5.49. The van der Waals surface area contributed by atoms with E-state index in [2.05, 4.69) is 23.4 Å². The number of aromatic nitrogens is 2. The first kappa shape index (κ1) is 20.7. The van der Waals surface area contributed by atoms with Crippen LogP contribution in [0.15, 0.2) is 22.6 Å². The van der Waals surface area contributed by atoms with E-state index in [1.807, 2.05) is 4.90 Å². The summed E-state index contributed by atoms with van der Waals surface area (Å²) in [4.78, 5) is 46.8. The molecule has 0 fully saturated rings. The van der Waals surface area contributed by atoms with E-state index in [-0.39, 0.29) is 30.7 Å². The molecule has 1 aliphatic rings. The van der Waals surface area contributed by atoms with Crippen LogP contribution in [0.25, 0.3) is 10.2 Å². The van der Waals surface area contributed by atoms with E-state index < -0.39 is 5.97 Å². The van der Waals surface area contributed by atoms with Crippen molar-refractivity contribution in [2.24, 2.45) is 0 Å². The Labute approximate surface area is 181 Å². The van der Waals surface area contributed by atoms with Crippen LogP contribution in [-0.2, 0) is 22.5 Å². The summed E-state index contributed by atoms with van der Waals surface area (Å²) in [7, 11) is 0. The highest BCUT2D eigenvalue weighted by molar-refractivity contribution is 7.20. The smallest absolute Gasteiger partial charge is 0.348 e. The molecule has 1 unspecified atom stereocenters. The van der Waals surface area contributed by atoms with E-state index >= 15 is 0 Å². The SMILES string of the molecule is CCOC(=O)c1sc2ncn(CC(=O)N3CCc4sccc4C3CC)c(=O)c2c1C. The molecular formula is C21H23N3O4S2. The standard InChI is InChI=1S/C21H23N3O4S2/c1-4-14-13-7-9-29-15(13)6-8-24(14)16(25)10-23-11-22-19-17(20(23)26)12(3)18(30-19)21(27)28-5-2/h7,9,11,14H,4-6,8,10H2,1-3H3. The lowest BCUT2D eigenvalue weighted by atomic mass is 9.98. The van der Waals surface area contributed by atoms with Crippen LogP contribution in [0.4, 0.5) is 0 Å². The van der Waals surface area contributed by atoms with Gasteiger partial charge in [-0.15, -0.1) is 22.7 Å². The molecule has 0 aliphatic carbocycles. The maximum Gasteiger partial charge on any atom is 0.348 e. The molecule has 0 bridgehead atoms. The number of hydrogen-bond donors (Lipinski definition) is 0. The molecule has 0 saturated carbocycles. The van der Waals surface area contributed by atoms with Gasteiger partial charge in [0.25, 0.3) is 5.56 Å². The number of aryl methyl sites for hydroxylation is 1. The molecule has 1 atom stereocenters. The minimum Gasteiger partial charge on any atom is -0.462 e. The summed E-state index contributed by atoms with van der Waals surface area (Å²) in [5.74, 6) is -0.550. The van der Waals surface area contributed by atoms with Gasteiger partial charge in [0.2, 0.25) is 5.91 Å². The van der Waals surface area contributed by atoms with Gasteiger partial charge in [-0.25, -0.2) is 9.78 Å². The summed E-state index contributed by atoms with van der Waals surface area (Å²) in [5, 5.41) is 2.45. The van der Waals surface area contributed by atoms with Crippen LogP contribution in [0.3, 0.4) is 0 Å². The van der Waals surface area contributed by atoms with Gasteiger partial charge in [0.05, 0.1) is 24.4 Å². The Kier molecular flexibility index (Phi) is 5.75. The molecule has 9 heteroatoms. The largest absolute Gasteiger partial charge is 0.462 e. The number of nitrogens with zero attached hydrogens (tertiary/aromatic N) is 3. The summed E-state index contributed by atoms with van der Waals surface area (Å²) in [6.45, 7) is 6.38. The van der Waals surface area contributed by atoms with Crippen molar-refractivity contribution in [3.8, 4) is 0 Å². The summed E-state index contributed by atoms with van der Waals surface area (Å²) in [6.07, 6.45) is 3.07. The van der Waals surface area contributed by atoms with Crippen molar-refractivity contribution in [1.29, 1.82) is 0 Å². The fraction of sp³-hybridized carbons (Fsp3) is 0.429. The molecule has 0 radical (unpaired) electrons. The molecule has 3 aromatic heterocycles. The van der Waals surface area contributed by atoms with Crippen molar-refractivity contribution in [3.05, 3.63) is 49.0 Å². The maximum absolute atomic E-state index is 13.1. The zero-order valence-electron chi connectivity index (χ0n) is 17.1. The van der Waals surface area contributed by atoms with Crippen LogP contribution in [0.5, 0.6) is 0 Å². The van der Waals surface area contributed by atoms with E-state index in [0.29, 0.717) is 27.2 Å². The molecule has 0 spiro atoms. The van der Waals surface area contributed by atoms with Crippen LogP contribution < -0.4 is 5.56 Å². The number of hydrogen-bond acceptors (Lipinski definition) is 7. The lowest BCUT2D eigenvalue weighted by Gasteiger charge is -2.35. The number of esters is 1. The zero-order chi connectivity index (χ0) is 21.4. The molecule has 30 heavy (non-hydrogen) atoms. The van der Waals surface area contributed by atoms with Gasteiger partial charge in [0.15, 0.2) is 0 Å². The van der Waals surface area contributed by atoms with Gasteiger partial charge in [-0.1, -0.05) is 6.92 Å². The minimum absolute atomic E-state index is 0.0400. The molecule has 3 aromatic rings. The fourth-order valence-corrected chi connectivity index (χ4v) is 6.00. The number of thiophene rings is 2. The Morgan fingerprint density at radius 1 is 1.33 bits per heavy atom. The summed E-state index contributed by atoms with van der Waals surface area (Å²) >= 11 is 2.88. The van der Waals surface area contributed by atoms with Crippen molar-refractivity contribution >= 4 is 44.8 Å².